The van der Waals surface area contributed by atoms with Gasteiger partial charge in [0.15, 0.2) is 11.5 Å². The van der Waals surface area contributed by atoms with E-state index in [-0.39, 0.29) is 22.8 Å². The Kier molecular flexibility index (Phi) is 3.25. The maximum absolute atomic E-state index is 11.9. The minimum absolute atomic E-state index is 0.0824. The van der Waals surface area contributed by atoms with Crippen molar-refractivity contribution in [2.24, 2.45) is 0 Å². The van der Waals surface area contributed by atoms with E-state index in [1.165, 1.54) is 5.56 Å². The monoisotopic (exact) mass is 259 g/mol. The molecule has 1 aromatic heterocycles. The maximum atomic E-state index is 11.9. The molecule has 0 bridgehead atoms. The third kappa shape index (κ3) is 2.90. The smallest absolute Gasteiger partial charge is 0.280 e. The molecule has 0 aliphatic carbocycles. The number of nitrogens with zero attached hydrogens (tertiary/aromatic N) is 2. The summed E-state index contributed by atoms with van der Waals surface area (Å²) < 4.78 is 0. The molecule has 2 rings (SSSR count). The van der Waals surface area contributed by atoms with E-state index in [2.05, 4.69) is 41.5 Å². The van der Waals surface area contributed by atoms with E-state index in [0.29, 0.717) is 5.69 Å². The van der Waals surface area contributed by atoms with Gasteiger partial charge >= 0.3 is 0 Å². The van der Waals surface area contributed by atoms with Crippen molar-refractivity contribution in [3.8, 4) is 0 Å². The van der Waals surface area contributed by atoms with Crippen molar-refractivity contribution in [2.45, 2.75) is 26.2 Å². The first-order chi connectivity index (χ1) is 8.88. The van der Waals surface area contributed by atoms with Crippen LogP contribution in [-0.2, 0) is 5.41 Å². The second-order valence-corrected chi connectivity index (χ2v) is 5.34. The lowest BCUT2D eigenvalue weighted by atomic mass is 9.87. The molecule has 0 spiro atoms. The molecule has 0 atom stereocenters. The second kappa shape index (κ2) is 4.72. The molecule has 2 aromatic rings. The molecule has 4 N–H and O–H groups in total. The number of aromatic nitrogens is 3. The fourth-order valence-electron chi connectivity index (χ4n) is 1.65. The van der Waals surface area contributed by atoms with Gasteiger partial charge in [0.25, 0.3) is 5.91 Å². The highest BCUT2D eigenvalue weighted by Gasteiger charge is 2.16. The summed E-state index contributed by atoms with van der Waals surface area (Å²) in [6, 6.07) is 7.69. The van der Waals surface area contributed by atoms with E-state index in [4.69, 9.17) is 5.73 Å². The highest BCUT2D eigenvalue weighted by atomic mass is 16.2. The number of H-pyrrole nitrogens is 1. The first-order valence-corrected chi connectivity index (χ1v) is 5.96. The van der Waals surface area contributed by atoms with Gasteiger partial charge in [0.05, 0.1) is 0 Å². The summed E-state index contributed by atoms with van der Waals surface area (Å²) in [4.78, 5) is 11.9. The van der Waals surface area contributed by atoms with E-state index in [1.54, 1.807) is 0 Å². The second-order valence-electron chi connectivity index (χ2n) is 5.34. The lowest BCUT2D eigenvalue weighted by Gasteiger charge is -2.19. The number of carbonyl (C=O) groups is 1. The zero-order chi connectivity index (χ0) is 14.0. The van der Waals surface area contributed by atoms with Crippen molar-refractivity contribution in [3.63, 3.8) is 0 Å². The largest absolute Gasteiger partial charge is 0.380 e. The highest BCUT2D eigenvalue weighted by Crippen LogP contribution is 2.23. The van der Waals surface area contributed by atoms with Crippen LogP contribution in [-0.4, -0.2) is 21.3 Å². The van der Waals surface area contributed by atoms with E-state index in [1.807, 2.05) is 24.3 Å². The van der Waals surface area contributed by atoms with Gasteiger partial charge in [-0.2, -0.15) is 5.21 Å². The summed E-state index contributed by atoms with van der Waals surface area (Å²) in [5, 5.41) is 12.3. The average Bonchev–Trinajstić information content (AvgIpc) is 2.75. The van der Waals surface area contributed by atoms with Crippen LogP contribution in [0.3, 0.4) is 0 Å². The lowest BCUT2D eigenvalue weighted by Crippen LogP contribution is -2.15. The van der Waals surface area contributed by atoms with E-state index in [9.17, 15) is 4.79 Å². The summed E-state index contributed by atoms with van der Waals surface area (Å²) in [5.41, 5.74) is 7.59. The first-order valence-electron chi connectivity index (χ1n) is 5.96. The Morgan fingerprint density at radius 1 is 1.21 bits per heavy atom. The number of hydrogen-bond acceptors (Lipinski definition) is 4. The Labute approximate surface area is 111 Å². The Morgan fingerprint density at radius 2 is 1.84 bits per heavy atom. The number of benzene rings is 1. The van der Waals surface area contributed by atoms with Gasteiger partial charge in [-0.25, -0.2) is 0 Å². The van der Waals surface area contributed by atoms with Crippen LogP contribution in [0.25, 0.3) is 0 Å². The Balaban J connectivity index is 2.12. The number of nitrogen functional groups attached to an aromatic ring is 1. The molecule has 1 aromatic carbocycles. The summed E-state index contributed by atoms with van der Waals surface area (Å²) in [7, 11) is 0. The molecule has 0 radical (unpaired) electrons. The molecular formula is C13H17N5O. The zero-order valence-electron chi connectivity index (χ0n) is 11.2. The van der Waals surface area contributed by atoms with Gasteiger partial charge in [0, 0.05) is 5.69 Å². The minimum Gasteiger partial charge on any atom is -0.380 e. The van der Waals surface area contributed by atoms with Crippen LogP contribution in [0.2, 0.25) is 0 Å². The number of aromatic amines is 1. The standard InChI is InChI=1S/C13H17N5O/c1-13(2,3)8-4-6-9(7-5-8)15-12(19)10-11(14)17-18-16-10/h4-7H,1-3H3,(H,15,19)(H3,14,16,17,18). The molecule has 0 saturated carbocycles. The van der Waals surface area contributed by atoms with Gasteiger partial charge in [-0.1, -0.05) is 32.9 Å². The van der Waals surface area contributed by atoms with Crippen LogP contribution < -0.4 is 11.1 Å². The van der Waals surface area contributed by atoms with Gasteiger partial charge in [0.1, 0.15) is 0 Å². The first kappa shape index (κ1) is 13.1. The van der Waals surface area contributed by atoms with Gasteiger partial charge in [0.2, 0.25) is 0 Å². The Hall–Kier alpha value is -2.37. The van der Waals surface area contributed by atoms with E-state index >= 15 is 0 Å². The fourth-order valence-corrected chi connectivity index (χ4v) is 1.65. The van der Waals surface area contributed by atoms with Crippen LogP contribution in [0.4, 0.5) is 11.5 Å². The number of nitrogens with one attached hydrogen (secondary N) is 2. The van der Waals surface area contributed by atoms with Gasteiger partial charge in [-0.15, -0.1) is 10.2 Å². The number of amides is 1. The summed E-state index contributed by atoms with van der Waals surface area (Å²) >= 11 is 0. The minimum atomic E-state index is -0.380. The van der Waals surface area contributed by atoms with Crippen LogP contribution in [0, 0.1) is 0 Å². The van der Waals surface area contributed by atoms with Gasteiger partial charge in [-0.05, 0) is 23.1 Å². The van der Waals surface area contributed by atoms with Crippen molar-refractivity contribution in [3.05, 3.63) is 35.5 Å². The molecule has 0 saturated heterocycles. The lowest BCUT2D eigenvalue weighted by molar-refractivity contribution is 0.102. The predicted octanol–water partition coefficient (Wildman–Crippen LogP) is 1.94. The van der Waals surface area contributed by atoms with Gasteiger partial charge in [-0.3, -0.25) is 4.79 Å². The number of carbonyl (C=O) groups excluding carboxylic acids is 1. The van der Waals surface area contributed by atoms with Crippen molar-refractivity contribution in [1.82, 2.24) is 15.4 Å². The average molecular weight is 259 g/mol. The molecule has 19 heavy (non-hydrogen) atoms. The molecule has 0 aliphatic heterocycles. The number of nitrogens with two attached hydrogens (primary N) is 1. The number of rotatable bonds is 2. The van der Waals surface area contributed by atoms with Crippen molar-refractivity contribution in [2.75, 3.05) is 11.1 Å². The zero-order valence-corrected chi connectivity index (χ0v) is 11.2. The van der Waals surface area contributed by atoms with E-state index < -0.39 is 0 Å². The van der Waals surface area contributed by atoms with Crippen LogP contribution in [0.5, 0.6) is 0 Å². The number of hydrogen-bond donors (Lipinski definition) is 3. The molecular weight excluding hydrogens is 242 g/mol. The highest BCUT2D eigenvalue weighted by molar-refractivity contribution is 6.05. The maximum Gasteiger partial charge on any atom is 0.280 e. The fraction of sp³-hybridized carbons (Fsp3) is 0.308. The van der Waals surface area contributed by atoms with E-state index in [0.717, 1.165) is 0 Å². The SMILES string of the molecule is CC(C)(C)c1ccc(NC(=O)c2n[nH]nc2N)cc1. The Morgan fingerprint density at radius 3 is 2.32 bits per heavy atom. The molecule has 6 heteroatoms. The number of anilines is 2. The summed E-state index contributed by atoms with van der Waals surface area (Å²) in [5.74, 6) is -0.293. The van der Waals surface area contributed by atoms with Crippen molar-refractivity contribution in [1.29, 1.82) is 0 Å². The van der Waals surface area contributed by atoms with Crippen LogP contribution >= 0.6 is 0 Å². The Bertz CT molecular complexity index is 580. The molecule has 0 aliphatic rings. The normalized spacial score (nSPS) is 11.3. The molecule has 100 valence electrons. The third-order valence-corrected chi connectivity index (χ3v) is 2.80. The van der Waals surface area contributed by atoms with Crippen molar-refractivity contribution < 1.29 is 4.79 Å². The molecule has 1 heterocycles. The topological polar surface area (TPSA) is 96.7 Å². The van der Waals surface area contributed by atoms with Crippen LogP contribution in [0.1, 0.15) is 36.8 Å². The van der Waals surface area contributed by atoms with Crippen molar-refractivity contribution >= 4 is 17.4 Å². The quantitative estimate of drug-likeness (QED) is 0.767. The molecule has 1 amide bonds. The summed E-state index contributed by atoms with van der Waals surface area (Å²) in [6.07, 6.45) is 0. The van der Waals surface area contributed by atoms with Crippen LogP contribution in [0.15, 0.2) is 24.3 Å². The molecule has 0 fully saturated rings. The third-order valence-electron chi connectivity index (χ3n) is 2.80. The predicted molar refractivity (Wildman–Crippen MR) is 73.9 cm³/mol. The molecule has 6 nitrogen and oxygen atoms in total. The van der Waals surface area contributed by atoms with Gasteiger partial charge < -0.3 is 11.1 Å². The molecule has 0 unspecified atom stereocenters. The summed E-state index contributed by atoms with van der Waals surface area (Å²) in [6.45, 7) is 6.41.